The number of ether oxygens (including phenoxy) is 3. The standard InChI is InChI=1S/C31H40N6O7/c1-31(2,3)43-25(38)17-22(28(39)33-15-13-24-36-27(37-44-24)20-10-11-20)35-29(40)26-23(12-14-34-30(26)41-4)42-18-21(32)16-19-8-6-5-7-9-19/h5-9,12,14,20-22H,10-11,13,15-18,32H2,1-4H3,(H,33,39)(H,35,40)/t21-,22+/m1/s1. The molecule has 0 aliphatic heterocycles. The monoisotopic (exact) mass is 608 g/mol. The molecule has 1 saturated carbocycles. The summed E-state index contributed by atoms with van der Waals surface area (Å²) in [5.74, 6) is -0.428. The Balaban J connectivity index is 1.44. The molecule has 44 heavy (non-hydrogen) atoms. The predicted octanol–water partition coefficient (Wildman–Crippen LogP) is 2.49. The molecule has 4 rings (SSSR count). The third kappa shape index (κ3) is 9.76. The van der Waals surface area contributed by atoms with Gasteiger partial charge in [0.2, 0.25) is 17.7 Å². The van der Waals surface area contributed by atoms with E-state index < -0.39 is 35.8 Å². The van der Waals surface area contributed by atoms with Gasteiger partial charge in [-0.05, 0) is 51.7 Å². The number of rotatable bonds is 15. The maximum absolute atomic E-state index is 13.6. The second kappa shape index (κ2) is 14.8. The minimum Gasteiger partial charge on any atom is -0.491 e. The molecule has 13 nitrogen and oxygen atoms in total. The van der Waals surface area contributed by atoms with E-state index in [0.717, 1.165) is 18.4 Å². The molecule has 236 valence electrons. The fourth-order valence-electron chi connectivity index (χ4n) is 4.36. The van der Waals surface area contributed by atoms with Crippen molar-refractivity contribution in [3.63, 3.8) is 0 Å². The lowest BCUT2D eigenvalue weighted by Gasteiger charge is -2.23. The van der Waals surface area contributed by atoms with Gasteiger partial charge in [-0.15, -0.1) is 0 Å². The average molecular weight is 609 g/mol. The highest BCUT2D eigenvalue weighted by Crippen LogP contribution is 2.38. The first-order valence-electron chi connectivity index (χ1n) is 14.6. The van der Waals surface area contributed by atoms with Gasteiger partial charge in [0.15, 0.2) is 5.82 Å². The summed E-state index contributed by atoms with van der Waals surface area (Å²) in [6.45, 7) is 5.39. The zero-order valence-electron chi connectivity index (χ0n) is 25.5. The first-order chi connectivity index (χ1) is 21.0. The van der Waals surface area contributed by atoms with Gasteiger partial charge in [0.05, 0.1) is 13.5 Å². The van der Waals surface area contributed by atoms with Crippen LogP contribution in [0, 0.1) is 0 Å². The van der Waals surface area contributed by atoms with E-state index in [9.17, 15) is 14.4 Å². The molecule has 1 aromatic carbocycles. The van der Waals surface area contributed by atoms with Crippen molar-refractivity contribution < 1.29 is 33.1 Å². The number of nitrogens with zero attached hydrogens (tertiary/aromatic N) is 3. The summed E-state index contributed by atoms with van der Waals surface area (Å²) in [5.41, 5.74) is 6.51. The molecule has 3 aromatic rings. The lowest BCUT2D eigenvalue weighted by Crippen LogP contribution is -2.49. The fraction of sp³-hybridized carbons (Fsp3) is 0.484. The number of methoxy groups -OCH3 is 1. The Morgan fingerprint density at radius 3 is 2.57 bits per heavy atom. The topological polar surface area (TPSA) is 181 Å². The lowest BCUT2D eigenvalue weighted by molar-refractivity contribution is -0.156. The summed E-state index contributed by atoms with van der Waals surface area (Å²) < 4.78 is 22.0. The summed E-state index contributed by atoms with van der Waals surface area (Å²) >= 11 is 0. The number of hydrogen-bond acceptors (Lipinski definition) is 11. The number of carbonyl (C=O) groups excluding carboxylic acids is 3. The average Bonchev–Trinajstić information content (AvgIpc) is 3.72. The van der Waals surface area contributed by atoms with Gasteiger partial charge in [0, 0.05) is 31.1 Å². The first-order valence-corrected chi connectivity index (χ1v) is 14.6. The minimum atomic E-state index is -1.28. The molecule has 1 fully saturated rings. The van der Waals surface area contributed by atoms with Crippen LogP contribution in [0.15, 0.2) is 47.1 Å². The van der Waals surface area contributed by atoms with Crippen LogP contribution < -0.4 is 25.8 Å². The Labute approximate surface area is 256 Å². The van der Waals surface area contributed by atoms with Crippen molar-refractivity contribution in [2.45, 2.75) is 76.5 Å². The van der Waals surface area contributed by atoms with Gasteiger partial charge in [0.1, 0.15) is 29.6 Å². The maximum Gasteiger partial charge on any atom is 0.308 e. The van der Waals surface area contributed by atoms with Crippen LogP contribution in [-0.4, -0.2) is 70.9 Å². The van der Waals surface area contributed by atoms with Crippen LogP contribution in [0.5, 0.6) is 11.6 Å². The van der Waals surface area contributed by atoms with Crippen molar-refractivity contribution in [3.05, 3.63) is 65.4 Å². The zero-order chi connectivity index (χ0) is 31.7. The molecule has 4 N–H and O–H groups in total. The Morgan fingerprint density at radius 2 is 1.89 bits per heavy atom. The molecule has 1 aliphatic rings. The Kier molecular flexibility index (Phi) is 10.9. The number of nitrogens with two attached hydrogens (primary N) is 1. The highest BCUT2D eigenvalue weighted by molar-refractivity contribution is 6.02. The lowest BCUT2D eigenvalue weighted by atomic mass is 10.1. The molecule has 0 spiro atoms. The number of nitrogens with one attached hydrogen (secondary N) is 2. The predicted molar refractivity (Wildman–Crippen MR) is 159 cm³/mol. The number of hydrogen-bond donors (Lipinski definition) is 3. The molecule has 0 unspecified atom stereocenters. The van der Waals surface area contributed by atoms with E-state index >= 15 is 0 Å². The van der Waals surface area contributed by atoms with E-state index in [1.54, 1.807) is 20.8 Å². The van der Waals surface area contributed by atoms with E-state index in [2.05, 4.69) is 25.8 Å². The van der Waals surface area contributed by atoms with E-state index in [0.29, 0.717) is 24.1 Å². The van der Waals surface area contributed by atoms with Crippen LogP contribution in [0.25, 0.3) is 0 Å². The van der Waals surface area contributed by atoms with Crippen molar-refractivity contribution >= 4 is 17.8 Å². The molecule has 1 aliphatic carbocycles. The van der Waals surface area contributed by atoms with E-state index in [-0.39, 0.29) is 42.8 Å². The van der Waals surface area contributed by atoms with Crippen molar-refractivity contribution in [1.82, 2.24) is 25.8 Å². The van der Waals surface area contributed by atoms with Crippen LogP contribution in [0.1, 0.15) is 73.6 Å². The summed E-state index contributed by atoms with van der Waals surface area (Å²) in [6.07, 6.45) is 3.95. The van der Waals surface area contributed by atoms with E-state index in [4.69, 9.17) is 24.5 Å². The first kappa shape index (κ1) is 32.4. The van der Waals surface area contributed by atoms with Crippen molar-refractivity contribution in [1.29, 1.82) is 0 Å². The van der Waals surface area contributed by atoms with Crippen LogP contribution in [0.4, 0.5) is 0 Å². The second-order valence-electron chi connectivity index (χ2n) is 11.6. The number of aromatic nitrogens is 3. The normalized spacial score (nSPS) is 14.3. The Hall–Kier alpha value is -4.52. The SMILES string of the molecule is COc1nccc(OC[C@H](N)Cc2ccccc2)c1C(=O)N[C@@H](CC(=O)OC(C)(C)C)C(=O)NCCc1nc(C2CC2)no1. The molecule has 2 heterocycles. The smallest absolute Gasteiger partial charge is 0.308 e. The summed E-state index contributed by atoms with van der Waals surface area (Å²) in [6, 6.07) is 9.59. The van der Waals surface area contributed by atoms with Gasteiger partial charge in [-0.1, -0.05) is 35.5 Å². The molecular weight excluding hydrogens is 568 g/mol. The van der Waals surface area contributed by atoms with Gasteiger partial charge in [-0.3, -0.25) is 14.4 Å². The summed E-state index contributed by atoms with van der Waals surface area (Å²) in [4.78, 5) is 48.1. The van der Waals surface area contributed by atoms with Crippen molar-refractivity contribution in [2.24, 2.45) is 5.73 Å². The molecule has 0 saturated heterocycles. The number of pyridine rings is 1. The van der Waals surface area contributed by atoms with Gasteiger partial charge in [-0.25, -0.2) is 4.98 Å². The van der Waals surface area contributed by atoms with Crippen LogP contribution in [0.2, 0.25) is 0 Å². The van der Waals surface area contributed by atoms with Crippen LogP contribution in [-0.2, 0) is 27.2 Å². The highest BCUT2D eigenvalue weighted by Gasteiger charge is 2.31. The van der Waals surface area contributed by atoms with E-state index in [1.807, 2.05) is 30.3 Å². The third-order valence-corrected chi connectivity index (χ3v) is 6.57. The summed E-state index contributed by atoms with van der Waals surface area (Å²) in [7, 11) is 1.36. The zero-order valence-corrected chi connectivity index (χ0v) is 25.5. The van der Waals surface area contributed by atoms with Crippen molar-refractivity contribution in [3.8, 4) is 11.6 Å². The van der Waals surface area contributed by atoms with Gasteiger partial charge in [-0.2, -0.15) is 4.98 Å². The minimum absolute atomic E-state index is 0.0177. The quantitative estimate of drug-likeness (QED) is 0.216. The van der Waals surface area contributed by atoms with Gasteiger partial charge < -0.3 is 35.1 Å². The highest BCUT2D eigenvalue weighted by atomic mass is 16.6. The molecule has 2 aromatic heterocycles. The van der Waals surface area contributed by atoms with Gasteiger partial charge >= 0.3 is 5.97 Å². The second-order valence-corrected chi connectivity index (χ2v) is 11.6. The molecule has 2 amide bonds. The molecule has 0 radical (unpaired) electrons. The largest absolute Gasteiger partial charge is 0.491 e. The maximum atomic E-state index is 13.6. The number of amides is 2. The van der Waals surface area contributed by atoms with Crippen LogP contribution in [0.3, 0.4) is 0 Å². The molecule has 2 atom stereocenters. The molecular formula is C31H40N6O7. The summed E-state index contributed by atoms with van der Waals surface area (Å²) in [5, 5.41) is 9.34. The Bertz CT molecular complexity index is 1420. The number of benzene rings is 1. The molecule has 0 bridgehead atoms. The van der Waals surface area contributed by atoms with Crippen molar-refractivity contribution in [2.75, 3.05) is 20.3 Å². The number of esters is 1. The third-order valence-electron chi connectivity index (χ3n) is 6.57. The van der Waals surface area contributed by atoms with E-state index in [1.165, 1.54) is 19.4 Å². The number of carbonyl (C=O) groups is 3. The molecule has 13 heteroatoms. The van der Waals surface area contributed by atoms with Gasteiger partial charge in [0.25, 0.3) is 5.91 Å². The van der Waals surface area contributed by atoms with Crippen LogP contribution >= 0.6 is 0 Å². The fourth-order valence-corrected chi connectivity index (χ4v) is 4.36. The Morgan fingerprint density at radius 1 is 1.14 bits per heavy atom.